The lowest BCUT2D eigenvalue weighted by Gasteiger charge is -2.29. The first-order valence-electron chi connectivity index (χ1n) is 6.43. The predicted octanol–water partition coefficient (Wildman–Crippen LogP) is 3.10. The van der Waals surface area contributed by atoms with Crippen LogP contribution in [-0.2, 0) is 9.53 Å². The van der Waals surface area contributed by atoms with E-state index in [-0.39, 0.29) is 17.3 Å². The summed E-state index contributed by atoms with van der Waals surface area (Å²) in [5.74, 6) is 0. The van der Waals surface area contributed by atoms with E-state index in [1.807, 2.05) is 20.8 Å². The average molecular weight is 273 g/mol. The standard InChI is InChI=1S/C13H23NO3S/c1-9(15)18-11-7-5-10(6-8-11)14-12(16)17-13(2,3)4/h10-11H,5-8H2,1-4H3,(H,14,16). The quantitative estimate of drug-likeness (QED) is 0.840. The Kier molecular flexibility index (Phi) is 5.50. The first-order chi connectivity index (χ1) is 8.26. The summed E-state index contributed by atoms with van der Waals surface area (Å²) in [5, 5.41) is 3.49. The molecule has 0 spiro atoms. The molecule has 5 heteroatoms. The lowest BCUT2D eigenvalue weighted by molar-refractivity contribution is -0.109. The summed E-state index contributed by atoms with van der Waals surface area (Å²) in [6.07, 6.45) is 3.45. The van der Waals surface area contributed by atoms with E-state index in [9.17, 15) is 9.59 Å². The fraction of sp³-hybridized carbons (Fsp3) is 0.846. The van der Waals surface area contributed by atoms with E-state index in [1.165, 1.54) is 11.8 Å². The van der Waals surface area contributed by atoms with Crippen LogP contribution in [0.2, 0.25) is 0 Å². The van der Waals surface area contributed by atoms with Crippen LogP contribution in [0.5, 0.6) is 0 Å². The van der Waals surface area contributed by atoms with Gasteiger partial charge in [-0.1, -0.05) is 11.8 Å². The van der Waals surface area contributed by atoms with Crippen LogP contribution in [0.1, 0.15) is 53.4 Å². The van der Waals surface area contributed by atoms with Crippen LogP contribution < -0.4 is 5.32 Å². The largest absolute Gasteiger partial charge is 0.444 e. The van der Waals surface area contributed by atoms with E-state index in [2.05, 4.69) is 5.32 Å². The molecule has 4 nitrogen and oxygen atoms in total. The van der Waals surface area contributed by atoms with E-state index in [0.717, 1.165) is 25.7 Å². The number of hydrogen-bond donors (Lipinski definition) is 1. The fourth-order valence-electron chi connectivity index (χ4n) is 2.03. The molecule has 0 saturated heterocycles. The van der Waals surface area contributed by atoms with Gasteiger partial charge >= 0.3 is 6.09 Å². The monoisotopic (exact) mass is 273 g/mol. The maximum absolute atomic E-state index is 11.6. The zero-order valence-corrected chi connectivity index (χ0v) is 12.4. The van der Waals surface area contributed by atoms with Gasteiger partial charge in [0.15, 0.2) is 5.12 Å². The first-order valence-corrected chi connectivity index (χ1v) is 7.31. The molecule has 1 fully saturated rings. The molecule has 0 bridgehead atoms. The van der Waals surface area contributed by atoms with E-state index in [4.69, 9.17) is 4.74 Å². The molecule has 1 aliphatic rings. The number of nitrogens with one attached hydrogen (secondary N) is 1. The van der Waals surface area contributed by atoms with Gasteiger partial charge < -0.3 is 10.1 Å². The van der Waals surface area contributed by atoms with Crippen molar-refractivity contribution in [1.29, 1.82) is 0 Å². The number of alkyl carbamates (subject to hydrolysis) is 1. The Morgan fingerprint density at radius 1 is 1.17 bits per heavy atom. The Labute approximate surface area is 113 Å². The van der Waals surface area contributed by atoms with Gasteiger partial charge in [-0.05, 0) is 46.5 Å². The molecular formula is C13H23NO3S. The van der Waals surface area contributed by atoms with Crippen LogP contribution in [0.25, 0.3) is 0 Å². The Balaban J connectivity index is 2.27. The Hall–Kier alpha value is -0.710. The highest BCUT2D eigenvalue weighted by Gasteiger charge is 2.25. The van der Waals surface area contributed by atoms with Crippen LogP contribution in [0.3, 0.4) is 0 Å². The predicted molar refractivity (Wildman–Crippen MR) is 73.7 cm³/mol. The molecule has 1 aliphatic carbocycles. The second-order valence-corrected chi connectivity index (χ2v) is 7.21. The van der Waals surface area contributed by atoms with Crippen molar-refractivity contribution in [2.75, 3.05) is 0 Å². The minimum absolute atomic E-state index is 0.179. The summed E-state index contributed by atoms with van der Waals surface area (Å²) < 4.78 is 5.22. The maximum Gasteiger partial charge on any atom is 0.407 e. The SMILES string of the molecule is CC(=O)SC1CCC(NC(=O)OC(C)(C)C)CC1. The minimum Gasteiger partial charge on any atom is -0.444 e. The summed E-state index contributed by atoms with van der Waals surface area (Å²) in [6, 6.07) is 0.184. The number of thioether (sulfide) groups is 1. The van der Waals surface area contributed by atoms with Crippen molar-refractivity contribution in [3.05, 3.63) is 0 Å². The van der Waals surface area contributed by atoms with E-state index >= 15 is 0 Å². The second kappa shape index (κ2) is 6.45. The number of hydrogen-bond acceptors (Lipinski definition) is 4. The third-order valence-electron chi connectivity index (χ3n) is 2.73. The summed E-state index contributed by atoms with van der Waals surface area (Å²) in [6.45, 7) is 7.17. The number of amides is 1. The molecule has 0 aliphatic heterocycles. The molecule has 1 rings (SSSR count). The van der Waals surface area contributed by atoms with Crippen LogP contribution in [0, 0.1) is 0 Å². The molecule has 0 unspecified atom stereocenters. The van der Waals surface area contributed by atoms with Crippen molar-refractivity contribution < 1.29 is 14.3 Å². The molecule has 0 heterocycles. The van der Waals surface area contributed by atoms with Crippen molar-refractivity contribution in [3.8, 4) is 0 Å². The zero-order chi connectivity index (χ0) is 13.8. The van der Waals surface area contributed by atoms with Crippen molar-refractivity contribution >= 4 is 23.0 Å². The van der Waals surface area contributed by atoms with Crippen LogP contribution in [0.4, 0.5) is 4.79 Å². The summed E-state index contributed by atoms with van der Waals surface area (Å²) in [7, 11) is 0. The molecule has 1 N–H and O–H groups in total. The fourth-order valence-corrected chi connectivity index (χ4v) is 3.01. The summed E-state index contributed by atoms with van der Waals surface area (Å²) in [5.41, 5.74) is -0.453. The van der Waals surface area contributed by atoms with Gasteiger partial charge in [0.05, 0.1) is 0 Å². The second-order valence-electron chi connectivity index (χ2n) is 5.73. The van der Waals surface area contributed by atoms with E-state index < -0.39 is 5.60 Å². The average Bonchev–Trinajstić information content (AvgIpc) is 2.17. The van der Waals surface area contributed by atoms with Gasteiger partial charge in [0.1, 0.15) is 5.60 Å². The van der Waals surface area contributed by atoms with Gasteiger partial charge in [0.25, 0.3) is 0 Å². The number of ether oxygens (including phenoxy) is 1. The smallest absolute Gasteiger partial charge is 0.407 e. The molecule has 104 valence electrons. The van der Waals surface area contributed by atoms with Gasteiger partial charge in [-0.25, -0.2) is 4.79 Å². The molecule has 18 heavy (non-hydrogen) atoms. The molecule has 1 saturated carbocycles. The Morgan fingerprint density at radius 3 is 2.17 bits per heavy atom. The number of carbonyl (C=O) groups is 2. The lowest BCUT2D eigenvalue weighted by atomic mass is 9.95. The molecular weight excluding hydrogens is 250 g/mol. The molecule has 0 aromatic heterocycles. The van der Waals surface area contributed by atoms with Gasteiger partial charge in [-0.3, -0.25) is 4.79 Å². The third-order valence-corrected chi connectivity index (χ3v) is 3.86. The van der Waals surface area contributed by atoms with Crippen molar-refractivity contribution in [3.63, 3.8) is 0 Å². The van der Waals surface area contributed by atoms with Gasteiger partial charge in [-0.15, -0.1) is 0 Å². The van der Waals surface area contributed by atoms with Crippen molar-refractivity contribution in [1.82, 2.24) is 5.32 Å². The van der Waals surface area contributed by atoms with Crippen LogP contribution >= 0.6 is 11.8 Å². The Morgan fingerprint density at radius 2 is 1.72 bits per heavy atom. The molecule has 0 atom stereocenters. The normalized spacial score (nSPS) is 24.4. The third kappa shape index (κ3) is 6.28. The molecule has 0 aromatic carbocycles. The number of carbonyl (C=O) groups excluding carboxylic acids is 2. The lowest BCUT2D eigenvalue weighted by Crippen LogP contribution is -2.41. The van der Waals surface area contributed by atoms with Gasteiger partial charge in [0, 0.05) is 18.2 Å². The first kappa shape index (κ1) is 15.3. The van der Waals surface area contributed by atoms with Crippen molar-refractivity contribution in [2.24, 2.45) is 0 Å². The summed E-state index contributed by atoms with van der Waals surface area (Å²) >= 11 is 1.42. The molecule has 0 radical (unpaired) electrons. The van der Waals surface area contributed by atoms with E-state index in [0.29, 0.717) is 5.25 Å². The molecule has 0 aromatic rings. The van der Waals surface area contributed by atoms with Crippen LogP contribution in [0.15, 0.2) is 0 Å². The summed E-state index contributed by atoms with van der Waals surface area (Å²) in [4.78, 5) is 22.6. The topological polar surface area (TPSA) is 55.4 Å². The zero-order valence-electron chi connectivity index (χ0n) is 11.6. The highest BCUT2D eigenvalue weighted by atomic mass is 32.2. The minimum atomic E-state index is -0.453. The number of rotatable bonds is 2. The highest BCUT2D eigenvalue weighted by molar-refractivity contribution is 8.14. The maximum atomic E-state index is 11.6. The Bertz CT molecular complexity index is 304. The van der Waals surface area contributed by atoms with Crippen LogP contribution in [-0.4, -0.2) is 28.1 Å². The van der Waals surface area contributed by atoms with E-state index in [1.54, 1.807) is 6.92 Å². The molecule has 1 amide bonds. The van der Waals surface area contributed by atoms with Gasteiger partial charge in [0.2, 0.25) is 0 Å². The van der Waals surface area contributed by atoms with Crippen molar-refractivity contribution in [2.45, 2.75) is 70.3 Å². The van der Waals surface area contributed by atoms with Gasteiger partial charge in [-0.2, -0.15) is 0 Å². The highest BCUT2D eigenvalue weighted by Crippen LogP contribution is 2.29.